The minimum absolute atomic E-state index is 0.0854. The van der Waals surface area contributed by atoms with Crippen LogP contribution < -0.4 is 16.0 Å². The maximum absolute atomic E-state index is 13.2. The zero-order valence-electron chi connectivity index (χ0n) is 12.9. The lowest BCUT2D eigenvalue weighted by Crippen LogP contribution is -2.45. The quantitative estimate of drug-likeness (QED) is 0.799. The molecule has 25 heavy (non-hydrogen) atoms. The van der Waals surface area contributed by atoms with E-state index in [1.165, 1.54) is 48.5 Å². The minimum Gasteiger partial charge on any atom is -0.326 e. The van der Waals surface area contributed by atoms with Gasteiger partial charge in [0.05, 0.1) is 6.42 Å². The van der Waals surface area contributed by atoms with Gasteiger partial charge < -0.3 is 10.6 Å². The van der Waals surface area contributed by atoms with Gasteiger partial charge in [-0.1, -0.05) is 6.07 Å². The Hall–Kier alpha value is -3.29. The van der Waals surface area contributed by atoms with E-state index in [0.29, 0.717) is 5.69 Å². The summed E-state index contributed by atoms with van der Waals surface area (Å²) in [6, 6.07) is 9.91. The lowest BCUT2D eigenvalue weighted by molar-refractivity contribution is -0.124. The molecule has 0 saturated heterocycles. The number of benzene rings is 2. The molecule has 0 aromatic heterocycles. The average Bonchev–Trinajstić information content (AvgIpc) is 2.56. The van der Waals surface area contributed by atoms with Crippen LogP contribution in [0, 0.1) is 11.6 Å². The fourth-order valence-electron chi connectivity index (χ4n) is 2.27. The van der Waals surface area contributed by atoms with Crippen LogP contribution in [0.15, 0.2) is 53.5 Å². The van der Waals surface area contributed by atoms with E-state index in [1.54, 1.807) is 0 Å². The Morgan fingerprint density at radius 3 is 2.56 bits per heavy atom. The molecule has 3 N–H and O–H groups in total. The second-order valence-electron chi connectivity index (χ2n) is 5.38. The molecule has 8 heteroatoms. The molecule has 1 atom stereocenters. The van der Waals surface area contributed by atoms with E-state index in [0.717, 1.165) is 0 Å². The summed E-state index contributed by atoms with van der Waals surface area (Å²) in [4.78, 5) is 28.2. The molecule has 1 unspecified atom stereocenters. The number of nitrogens with one attached hydrogen (secondary N) is 3. The van der Waals surface area contributed by atoms with Crippen LogP contribution in [-0.4, -0.2) is 23.8 Å². The maximum Gasteiger partial charge on any atom is 0.249 e. The van der Waals surface area contributed by atoms with Gasteiger partial charge in [0.2, 0.25) is 17.8 Å². The Labute approximate surface area is 142 Å². The zero-order chi connectivity index (χ0) is 17.8. The highest BCUT2D eigenvalue weighted by Gasteiger charge is 2.27. The van der Waals surface area contributed by atoms with E-state index in [1.807, 2.05) is 0 Å². The lowest BCUT2D eigenvalue weighted by atomic mass is 10.1. The van der Waals surface area contributed by atoms with Crippen LogP contribution in [0.25, 0.3) is 0 Å². The number of halogens is 2. The highest BCUT2D eigenvalue weighted by Crippen LogP contribution is 2.14. The molecule has 128 valence electrons. The Kier molecular flexibility index (Phi) is 4.69. The van der Waals surface area contributed by atoms with Crippen LogP contribution in [-0.2, 0) is 9.59 Å². The number of rotatable bonds is 3. The first kappa shape index (κ1) is 16.6. The van der Waals surface area contributed by atoms with Gasteiger partial charge in [-0.25, -0.2) is 13.8 Å². The van der Waals surface area contributed by atoms with Crippen molar-refractivity contribution in [2.75, 3.05) is 10.6 Å². The SMILES string of the molecule is O=C1CC(C(=O)Nc2cccc(F)c2)N=C(Nc2ccc(F)cc2)N1. The average molecular weight is 344 g/mol. The fourth-order valence-corrected chi connectivity index (χ4v) is 2.27. The van der Waals surface area contributed by atoms with Gasteiger partial charge in [-0.2, -0.15) is 0 Å². The molecular formula is C17H14F2N4O2. The van der Waals surface area contributed by atoms with E-state index in [2.05, 4.69) is 20.9 Å². The number of hydrogen-bond donors (Lipinski definition) is 3. The van der Waals surface area contributed by atoms with Crippen molar-refractivity contribution in [2.24, 2.45) is 4.99 Å². The molecular weight excluding hydrogens is 330 g/mol. The summed E-state index contributed by atoms with van der Waals surface area (Å²) in [5, 5.41) is 7.83. The number of anilines is 2. The third-order valence-electron chi connectivity index (χ3n) is 3.42. The molecule has 2 aromatic rings. The number of amides is 2. The molecule has 1 heterocycles. The van der Waals surface area contributed by atoms with Gasteiger partial charge >= 0.3 is 0 Å². The second-order valence-corrected chi connectivity index (χ2v) is 5.38. The summed E-state index contributed by atoms with van der Waals surface area (Å²) in [6.07, 6.45) is -0.129. The summed E-state index contributed by atoms with van der Waals surface area (Å²) in [6.45, 7) is 0. The molecule has 3 rings (SSSR count). The molecule has 6 nitrogen and oxygen atoms in total. The molecule has 1 aliphatic rings. The topological polar surface area (TPSA) is 82.6 Å². The number of hydrogen-bond acceptors (Lipinski definition) is 4. The fraction of sp³-hybridized carbons (Fsp3) is 0.118. The number of nitrogens with zero attached hydrogens (tertiary/aromatic N) is 1. The predicted octanol–water partition coefficient (Wildman–Crippen LogP) is 2.26. The van der Waals surface area contributed by atoms with Crippen molar-refractivity contribution in [3.8, 4) is 0 Å². The van der Waals surface area contributed by atoms with Gasteiger partial charge in [-0.3, -0.25) is 14.9 Å². The Morgan fingerprint density at radius 2 is 1.84 bits per heavy atom. The van der Waals surface area contributed by atoms with Crippen LogP contribution in [0.2, 0.25) is 0 Å². The van der Waals surface area contributed by atoms with Gasteiger partial charge in [0, 0.05) is 11.4 Å². The van der Waals surface area contributed by atoms with Crippen molar-refractivity contribution in [3.63, 3.8) is 0 Å². The van der Waals surface area contributed by atoms with Crippen molar-refractivity contribution in [2.45, 2.75) is 12.5 Å². The lowest BCUT2D eigenvalue weighted by Gasteiger charge is -2.21. The molecule has 2 aromatic carbocycles. The van der Waals surface area contributed by atoms with E-state index in [-0.39, 0.29) is 24.0 Å². The van der Waals surface area contributed by atoms with Crippen LogP contribution in [0.4, 0.5) is 20.2 Å². The summed E-state index contributed by atoms with van der Waals surface area (Å²) < 4.78 is 26.1. The van der Waals surface area contributed by atoms with Gasteiger partial charge in [0.15, 0.2) is 0 Å². The van der Waals surface area contributed by atoms with Crippen LogP contribution in [0.3, 0.4) is 0 Å². The van der Waals surface area contributed by atoms with Crippen molar-refractivity contribution in [1.29, 1.82) is 0 Å². The Bertz CT molecular complexity index is 837. The number of carbonyl (C=O) groups is 2. The Morgan fingerprint density at radius 1 is 1.08 bits per heavy atom. The molecule has 0 fully saturated rings. The highest BCUT2D eigenvalue weighted by molar-refractivity contribution is 6.09. The van der Waals surface area contributed by atoms with Crippen LogP contribution in [0.5, 0.6) is 0 Å². The van der Waals surface area contributed by atoms with Crippen LogP contribution >= 0.6 is 0 Å². The maximum atomic E-state index is 13.2. The molecule has 0 bridgehead atoms. The first-order chi connectivity index (χ1) is 12.0. The molecule has 0 spiro atoms. The van der Waals surface area contributed by atoms with Crippen molar-refractivity contribution in [3.05, 3.63) is 60.2 Å². The molecule has 1 aliphatic heterocycles. The summed E-state index contributed by atoms with van der Waals surface area (Å²) in [7, 11) is 0. The third-order valence-corrected chi connectivity index (χ3v) is 3.42. The van der Waals surface area contributed by atoms with Gasteiger partial charge in [0.25, 0.3) is 0 Å². The first-order valence-corrected chi connectivity index (χ1v) is 7.46. The first-order valence-electron chi connectivity index (χ1n) is 7.46. The van der Waals surface area contributed by atoms with E-state index < -0.39 is 23.6 Å². The molecule has 0 saturated carbocycles. The summed E-state index contributed by atoms with van der Waals surface area (Å²) in [5.41, 5.74) is 0.783. The highest BCUT2D eigenvalue weighted by atomic mass is 19.1. The van der Waals surface area contributed by atoms with Crippen molar-refractivity contribution < 1.29 is 18.4 Å². The van der Waals surface area contributed by atoms with E-state index in [9.17, 15) is 18.4 Å². The Balaban J connectivity index is 1.72. The normalized spacial score (nSPS) is 16.6. The van der Waals surface area contributed by atoms with Gasteiger partial charge in [0.1, 0.15) is 17.7 Å². The van der Waals surface area contributed by atoms with Crippen LogP contribution in [0.1, 0.15) is 6.42 Å². The number of carbonyl (C=O) groups excluding carboxylic acids is 2. The number of aliphatic imine (C=N–C) groups is 1. The smallest absolute Gasteiger partial charge is 0.249 e. The standard InChI is InChI=1S/C17H14F2N4O2/c18-10-4-6-12(7-5-10)21-17-22-14(9-15(24)23-17)16(25)20-13-3-1-2-11(19)8-13/h1-8,14H,9H2,(H,20,25)(H2,21,22,23,24). The van der Waals surface area contributed by atoms with E-state index >= 15 is 0 Å². The molecule has 0 aliphatic carbocycles. The molecule has 2 amide bonds. The second kappa shape index (κ2) is 7.08. The monoisotopic (exact) mass is 344 g/mol. The van der Waals surface area contributed by atoms with Gasteiger partial charge in [-0.15, -0.1) is 0 Å². The predicted molar refractivity (Wildman–Crippen MR) is 89.0 cm³/mol. The summed E-state index contributed by atoms with van der Waals surface area (Å²) in [5.74, 6) is -1.71. The third kappa shape index (κ3) is 4.37. The van der Waals surface area contributed by atoms with Gasteiger partial charge in [-0.05, 0) is 42.5 Å². The largest absolute Gasteiger partial charge is 0.326 e. The minimum atomic E-state index is -0.958. The van der Waals surface area contributed by atoms with Crippen molar-refractivity contribution in [1.82, 2.24) is 5.32 Å². The zero-order valence-corrected chi connectivity index (χ0v) is 12.9. The number of guanidine groups is 1. The molecule has 0 radical (unpaired) electrons. The van der Waals surface area contributed by atoms with E-state index in [4.69, 9.17) is 0 Å². The van der Waals surface area contributed by atoms with Crippen molar-refractivity contribution >= 4 is 29.1 Å². The summed E-state index contributed by atoms with van der Waals surface area (Å²) >= 11 is 0.